The van der Waals surface area contributed by atoms with E-state index in [0.717, 1.165) is 12.8 Å². The average molecular weight is 434 g/mol. The van der Waals surface area contributed by atoms with Gasteiger partial charge in [0, 0.05) is 39.3 Å². The zero-order chi connectivity index (χ0) is 22.7. The summed E-state index contributed by atoms with van der Waals surface area (Å²) in [6, 6.07) is -0.0983. The van der Waals surface area contributed by atoms with Crippen LogP contribution in [0.1, 0.15) is 46.5 Å². The van der Waals surface area contributed by atoms with Crippen molar-refractivity contribution in [3.05, 3.63) is 23.8 Å². The number of carbonyl (C=O) groups is 1. The Morgan fingerprint density at radius 1 is 1.40 bits per heavy atom. The predicted octanol–water partition coefficient (Wildman–Crippen LogP) is 3.53. The molecule has 172 valence electrons. The van der Waals surface area contributed by atoms with Gasteiger partial charge in [-0.05, 0) is 32.3 Å². The lowest BCUT2D eigenvalue weighted by Crippen LogP contribution is -2.44. The van der Waals surface area contributed by atoms with Gasteiger partial charge in [-0.3, -0.25) is 9.80 Å². The molecule has 0 bridgehead atoms. The van der Waals surface area contributed by atoms with Crippen LogP contribution in [0.5, 0.6) is 0 Å². The minimum Gasteiger partial charge on any atom is -0.385 e. The maximum atomic E-state index is 13.3. The Bertz CT molecular complexity index is 631. The Kier molecular flexibility index (Phi) is 11.1. The van der Waals surface area contributed by atoms with E-state index < -0.39 is 23.9 Å². The quantitative estimate of drug-likeness (QED) is 0.536. The summed E-state index contributed by atoms with van der Waals surface area (Å²) in [6.07, 6.45) is 0.989. The van der Waals surface area contributed by atoms with Crippen LogP contribution in [0.15, 0.2) is 28.9 Å². The highest BCUT2D eigenvalue weighted by Crippen LogP contribution is 2.22. The molecule has 1 amide bonds. The van der Waals surface area contributed by atoms with Crippen LogP contribution in [-0.2, 0) is 9.53 Å². The van der Waals surface area contributed by atoms with Crippen LogP contribution in [0.3, 0.4) is 0 Å². The molecule has 30 heavy (non-hydrogen) atoms. The van der Waals surface area contributed by atoms with E-state index in [-0.39, 0.29) is 25.6 Å². The highest BCUT2D eigenvalue weighted by atomic mass is 19.4. The number of hydrazone groups is 1. The van der Waals surface area contributed by atoms with Crippen LogP contribution in [0, 0.1) is 0 Å². The lowest BCUT2D eigenvalue weighted by molar-refractivity contribution is -0.141. The number of hydrogen-bond donors (Lipinski definition) is 1. The molecule has 0 fully saturated rings. The second-order valence-corrected chi connectivity index (χ2v) is 7.47. The maximum absolute atomic E-state index is 13.3. The number of allylic oxidation sites excluding steroid dienone is 1. The number of methoxy groups -OCH3 is 1. The fraction of sp³-hybridized carbons (Fsp3) is 0.714. The number of nitrogens with zero attached hydrogens (tertiary/aromatic N) is 3. The minimum absolute atomic E-state index is 0.0983. The van der Waals surface area contributed by atoms with E-state index in [1.54, 1.807) is 17.1 Å². The summed E-state index contributed by atoms with van der Waals surface area (Å²) in [6.45, 7) is 6.48. The van der Waals surface area contributed by atoms with Crippen LogP contribution in [0.25, 0.3) is 0 Å². The molecule has 9 heteroatoms. The second kappa shape index (κ2) is 12.7. The first kappa shape index (κ1) is 26.2. The number of alkyl halides is 3. The fourth-order valence-electron chi connectivity index (χ4n) is 3.15. The largest absolute Gasteiger partial charge is 0.431 e. The third kappa shape index (κ3) is 8.87. The molecule has 1 heterocycles. The van der Waals surface area contributed by atoms with Crippen molar-refractivity contribution < 1.29 is 27.8 Å². The van der Waals surface area contributed by atoms with E-state index in [9.17, 15) is 23.1 Å². The number of amides is 1. The summed E-state index contributed by atoms with van der Waals surface area (Å²) in [5, 5.41) is 15.0. The van der Waals surface area contributed by atoms with Crippen molar-refractivity contribution in [2.24, 2.45) is 5.10 Å². The van der Waals surface area contributed by atoms with E-state index >= 15 is 0 Å². The average Bonchev–Trinajstić information content (AvgIpc) is 2.76. The van der Waals surface area contributed by atoms with Gasteiger partial charge in [0.1, 0.15) is 11.8 Å². The number of aliphatic hydroxyl groups is 1. The first-order chi connectivity index (χ1) is 14.1. The van der Waals surface area contributed by atoms with Gasteiger partial charge >= 0.3 is 6.18 Å². The number of hydrogen-bond acceptors (Lipinski definition) is 5. The van der Waals surface area contributed by atoms with E-state index in [4.69, 9.17) is 4.74 Å². The van der Waals surface area contributed by atoms with Gasteiger partial charge in [0.15, 0.2) is 0 Å². The molecule has 1 aliphatic rings. The fourth-order valence-corrected chi connectivity index (χ4v) is 3.15. The SMILES string of the molecule is CCCC(C)N(CC1=CCN(CCCOC)/N=C(/C(F)(F)F)CC=C1)C(=O)[C@@H](C)O. The number of carbonyl (C=O) groups excluding carboxylic acids is 1. The molecule has 0 saturated heterocycles. The predicted molar refractivity (Wildman–Crippen MR) is 111 cm³/mol. The van der Waals surface area contributed by atoms with E-state index in [1.165, 1.54) is 25.1 Å². The molecular weight excluding hydrogens is 399 g/mol. The molecule has 6 nitrogen and oxygen atoms in total. The highest BCUT2D eigenvalue weighted by Gasteiger charge is 2.35. The Morgan fingerprint density at radius 2 is 2.10 bits per heavy atom. The molecule has 1 N–H and O–H groups in total. The molecule has 1 unspecified atom stereocenters. The first-order valence-electron chi connectivity index (χ1n) is 10.3. The van der Waals surface area contributed by atoms with Crippen molar-refractivity contribution in [3.63, 3.8) is 0 Å². The Morgan fingerprint density at radius 3 is 2.67 bits per heavy atom. The smallest absolute Gasteiger partial charge is 0.385 e. The summed E-state index contributed by atoms with van der Waals surface area (Å²) in [4.78, 5) is 14.1. The van der Waals surface area contributed by atoms with Crippen LogP contribution in [0.4, 0.5) is 13.2 Å². The van der Waals surface area contributed by atoms with E-state index in [0.29, 0.717) is 25.1 Å². The van der Waals surface area contributed by atoms with E-state index in [2.05, 4.69) is 5.10 Å². The van der Waals surface area contributed by atoms with Gasteiger partial charge in [0.25, 0.3) is 5.91 Å². The van der Waals surface area contributed by atoms with Crippen LogP contribution in [-0.4, -0.2) is 78.3 Å². The third-order valence-corrected chi connectivity index (χ3v) is 4.79. The first-order valence-corrected chi connectivity index (χ1v) is 10.3. The van der Waals surface area contributed by atoms with Gasteiger partial charge in [0.05, 0.1) is 6.54 Å². The molecular formula is C21H34F3N3O3. The Hall–Kier alpha value is -1.87. The van der Waals surface area contributed by atoms with Gasteiger partial charge in [-0.15, -0.1) is 0 Å². The molecule has 1 aliphatic heterocycles. The van der Waals surface area contributed by atoms with Crippen molar-refractivity contribution in [2.45, 2.75) is 64.8 Å². The summed E-state index contributed by atoms with van der Waals surface area (Å²) in [5.74, 6) is -0.394. The molecule has 0 aromatic rings. The molecule has 2 atom stereocenters. The van der Waals surface area contributed by atoms with Crippen LogP contribution < -0.4 is 0 Å². The summed E-state index contributed by atoms with van der Waals surface area (Å²) >= 11 is 0. The zero-order valence-corrected chi connectivity index (χ0v) is 18.3. The molecule has 0 aromatic carbocycles. The summed E-state index contributed by atoms with van der Waals surface area (Å²) in [7, 11) is 1.54. The molecule has 0 aliphatic carbocycles. The van der Waals surface area contributed by atoms with Gasteiger partial charge in [-0.25, -0.2) is 0 Å². The van der Waals surface area contributed by atoms with Gasteiger partial charge in [-0.2, -0.15) is 18.3 Å². The number of rotatable bonds is 10. The standard InChI is InChI=1S/C21H34F3N3O3/c1-5-8-16(2)27(20(29)17(3)28)15-18-9-6-10-19(21(22,23)24)25-26(13-11-18)12-7-14-30-4/h6,9,11,16-17,28H,5,7-8,10,12-15H2,1-4H3/b9-6?,18-11?,25-19+/t16?,17-/m1/s1. The van der Waals surface area contributed by atoms with Crippen molar-refractivity contribution in [2.75, 3.05) is 33.4 Å². The Balaban J connectivity index is 3.09. The zero-order valence-electron chi connectivity index (χ0n) is 18.3. The van der Waals surface area contributed by atoms with E-state index in [1.807, 2.05) is 13.8 Å². The van der Waals surface area contributed by atoms with Crippen molar-refractivity contribution >= 4 is 11.6 Å². The molecule has 0 saturated carbocycles. The third-order valence-electron chi connectivity index (χ3n) is 4.79. The minimum atomic E-state index is -4.52. The topological polar surface area (TPSA) is 65.4 Å². The van der Waals surface area contributed by atoms with Crippen molar-refractivity contribution in [1.29, 1.82) is 0 Å². The second-order valence-electron chi connectivity index (χ2n) is 7.47. The van der Waals surface area contributed by atoms with Gasteiger partial charge in [0.2, 0.25) is 0 Å². The van der Waals surface area contributed by atoms with Crippen LogP contribution in [0.2, 0.25) is 0 Å². The molecule has 0 spiro atoms. The van der Waals surface area contributed by atoms with Crippen LogP contribution >= 0.6 is 0 Å². The highest BCUT2D eigenvalue weighted by molar-refractivity contribution is 5.90. The normalized spacial score (nSPS) is 19.1. The molecule has 1 rings (SSSR count). The van der Waals surface area contributed by atoms with Crippen molar-refractivity contribution in [3.8, 4) is 0 Å². The molecule has 0 radical (unpaired) electrons. The number of ether oxygens (including phenoxy) is 1. The lowest BCUT2D eigenvalue weighted by Gasteiger charge is -2.31. The Labute approximate surface area is 177 Å². The monoisotopic (exact) mass is 433 g/mol. The number of aliphatic hydroxyl groups excluding tert-OH is 1. The number of halogens is 3. The van der Waals surface area contributed by atoms with Crippen molar-refractivity contribution in [1.82, 2.24) is 9.91 Å². The summed E-state index contributed by atoms with van der Waals surface area (Å²) in [5.41, 5.74) is -0.149. The summed E-state index contributed by atoms with van der Waals surface area (Å²) < 4.78 is 45.0. The lowest BCUT2D eigenvalue weighted by atomic mass is 10.1. The van der Waals surface area contributed by atoms with Gasteiger partial charge < -0.3 is 14.7 Å². The van der Waals surface area contributed by atoms with Gasteiger partial charge in [-0.1, -0.05) is 31.6 Å². The molecule has 0 aromatic heterocycles. The maximum Gasteiger partial charge on any atom is 0.431 e.